The fraction of sp³-hybridized carbons (Fsp3) is 0.800. The van der Waals surface area contributed by atoms with Crippen molar-refractivity contribution in [3.63, 3.8) is 0 Å². The third kappa shape index (κ3) is 4.11. The first-order chi connectivity index (χ1) is 6.91. The van der Waals surface area contributed by atoms with Gasteiger partial charge in [-0.1, -0.05) is 0 Å². The summed E-state index contributed by atoms with van der Waals surface area (Å²) >= 11 is 1.86. The molecule has 0 saturated carbocycles. The van der Waals surface area contributed by atoms with Crippen molar-refractivity contribution >= 4 is 23.6 Å². The molecule has 0 unspecified atom stereocenters. The molecule has 1 rings (SSSR count). The SMILES string of the molecule is CC1(C)CN(C(=O)CCC(=O)O)CCS1. The second-order valence-electron chi connectivity index (χ2n) is 4.32. The van der Waals surface area contributed by atoms with Gasteiger partial charge < -0.3 is 10.0 Å². The highest BCUT2D eigenvalue weighted by Gasteiger charge is 2.29. The van der Waals surface area contributed by atoms with E-state index in [9.17, 15) is 9.59 Å². The van der Waals surface area contributed by atoms with Crippen LogP contribution in [0.15, 0.2) is 0 Å². The molecule has 1 fully saturated rings. The predicted octanol–water partition coefficient (Wildman–Crippen LogP) is 1.21. The van der Waals surface area contributed by atoms with Gasteiger partial charge in [-0.3, -0.25) is 9.59 Å². The van der Waals surface area contributed by atoms with Gasteiger partial charge in [-0.15, -0.1) is 0 Å². The highest BCUT2D eigenvalue weighted by molar-refractivity contribution is 8.00. The minimum atomic E-state index is -0.908. The maximum absolute atomic E-state index is 11.6. The monoisotopic (exact) mass is 231 g/mol. The molecule has 1 aliphatic heterocycles. The fourth-order valence-electron chi connectivity index (χ4n) is 1.60. The molecule has 0 radical (unpaired) electrons. The third-order valence-electron chi connectivity index (χ3n) is 2.33. The standard InChI is InChI=1S/C10H17NO3S/c1-10(2)7-11(5-6-15-10)8(12)3-4-9(13)14/h3-7H2,1-2H3,(H,13,14). The largest absolute Gasteiger partial charge is 0.481 e. The van der Waals surface area contributed by atoms with E-state index in [1.165, 1.54) is 0 Å². The van der Waals surface area contributed by atoms with Crippen LogP contribution >= 0.6 is 11.8 Å². The molecule has 1 N–H and O–H groups in total. The summed E-state index contributed by atoms with van der Waals surface area (Å²) in [5.74, 6) is -0.00834. The van der Waals surface area contributed by atoms with Crippen molar-refractivity contribution in [2.45, 2.75) is 31.4 Å². The van der Waals surface area contributed by atoms with E-state index in [1.807, 2.05) is 11.8 Å². The Balaban J connectivity index is 2.42. The molecule has 0 bridgehead atoms. The van der Waals surface area contributed by atoms with E-state index in [1.54, 1.807) is 4.90 Å². The van der Waals surface area contributed by atoms with Crippen molar-refractivity contribution in [2.75, 3.05) is 18.8 Å². The molecule has 0 spiro atoms. The number of carboxylic acid groups (broad SMARTS) is 1. The zero-order valence-corrected chi connectivity index (χ0v) is 9.97. The summed E-state index contributed by atoms with van der Waals surface area (Å²) < 4.78 is 0.0944. The van der Waals surface area contributed by atoms with Gasteiger partial charge in [-0.25, -0.2) is 0 Å². The number of carbonyl (C=O) groups is 2. The van der Waals surface area contributed by atoms with Gasteiger partial charge in [0, 0.05) is 30.0 Å². The Labute approximate surface area is 94.0 Å². The third-order valence-corrected chi connectivity index (χ3v) is 3.63. The second kappa shape index (κ2) is 4.88. The van der Waals surface area contributed by atoms with Crippen LogP contribution < -0.4 is 0 Å². The zero-order valence-electron chi connectivity index (χ0n) is 9.15. The van der Waals surface area contributed by atoms with Gasteiger partial charge in [-0.2, -0.15) is 11.8 Å². The number of nitrogens with zero attached hydrogens (tertiary/aromatic N) is 1. The lowest BCUT2D eigenvalue weighted by Crippen LogP contribution is -2.46. The highest BCUT2D eigenvalue weighted by atomic mass is 32.2. The highest BCUT2D eigenvalue weighted by Crippen LogP contribution is 2.29. The number of amides is 1. The molecule has 5 heteroatoms. The van der Waals surface area contributed by atoms with Gasteiger partial charge in [0.05, 0.1) is 6.42 Å². The van der Waals surface area contributed by atoms with Crippen LogP contribution in [-0.2, 0) is 9.59 Å². The number of rotatable bonds is 3. The van der Waals surface area contributed by atoms with Crippen molar-refractivity contribution < 1.29 is 14.7 Å². The maximum atomic E-state index is 11.6. The first-order valence-corrected chi connectivity index (χ1v) is 6.03. The Bertz CT molecular complexity index is 265. The fourth-order valence-corrected chi connectivity index (χ4v) is 2.71. The van der Waals surface area contributed by atoms with E-state index < -0.39 is 5.97 Å². The van der Waals surface area contributed by atoms with Gasteiger partial charge in [0.1, 0.15) is 0 Å². The lowest BCUT2D eigenvalue weighted by molar-refractivity contribution is -0.141. The molecule has 0 aromatic carbocycles. The Hall–Kier alpha value is -0.710. The van der Waals surface area contributed by atoms with E-state index in [0.717, 1.165) is 18.8 Å². The van der Waals surface area contributed by atoms with Crippen LogP contribution in [0.4, 0.5) is 0 Å². The van der Waals surface area contributed by atoms with E-state index >= 15 is 0 Å². The van der Waals surface area contributed by atoms with E-state index in [2.05, 4.69) is 13.8 Å². The van der Waals surface area contributed by atoms with Gasteiger partial charge in [0.25, 0.3) is 0 Å². The average Bonchev–Trinajstić information content (AvgIpc) is 2.12. The summed E-state index contributed by atoms with van der Waals surface area (Å²) in [5.41, 5.74) is 0. The van der Waals surface area contributed by atoms with Crippen LogP contribution in [0, 0.1) is 0 Å². The molecular weight excluding hydrogens is 214 g/mol. The van der Waals surface area contributed by atoms with Crippen LogP contribution in [0.1, 0.15) is 26.7 Å². The molecule has 0 aromatic heterocycles. The molecule has 1 saturated heterocycles. The Morgan fingerprint density at radius 3 is 2.60 bits per heavy atom. The van der Waals surface area contributed by atoms with E-state index in [-0.39, 0.29) is 23.5 Å². The topological polar surface area (TPSA) is 57.6 Å². The number of thioether (sulfide) groups is 1. The van der Waals surface area contributed by atoms with Gasteiger partial charge >= 0.3 is 5.97 Å². The van der Waals surface area contributed by atoms with Gasteiger partial charge in [-0.05, 0) is 13.8 Å². The molecule has 0 aliphatic carbocycles. The van der Waals surface area contributed by atoms with E-state index in [4.69, 9.17) is 5.11 Å². The minimum Gasteiger partial charge on any atom is -0.481 e. The summed E-state index contributed by atoms with van der Waals surface area (Å²) in [5, 5.41) is 8.49. The normalized spacial score (nSPS) is 20.0. The molecule has 0 atom stereocenters. The van der Waals surface area contributed by atoms with Crippen LogP contribution in [0.5, 0.6) is 0 Å². The lowest BCUT2D eigenvalue weighted by Gasteiger charge is -2.37. The maximum Gasteiger partial charge on any atom is 0.303 e. The summed E-state index contributed by atoms with van der Waals surface area (Å²) in [6.45, 7) is 5.67. The van der Waals surface area contributed by atoms with Crippen LogP contribution in [0.3, 0.4) is 0 Å². The first kappa shape index (κ1) is 12.4. The molecular formula is C10H17NO3S. The molecule has 1 amide bonds. The van der Waals surface area contributed by atoms with Crippen molar-refractivity contribution in [3.8, 4) is 0 Å². The van der Waals surface area contributed by atoms with E-state index in [0.29, 0.717) is 0 Å². The quantitative estimate of drug-likeness (QED) is 0.793. The van der Waals surface area contributed by atoms with Crippen molar-refractivity contribution in [2.24, 2.45) is 0 Å². The molecule has 4 nitrogen and oxygen atoms in total. The molecule has 1 heterocycles. The Morgan fingerprint density at radius 2 is 2.07 bits per heavy atom. The summed E-state index contributed by atoms with van der Waals surface area (Å²) in [6.07, 6.45) is 0.0545. The molecule has 86 valence electrons. The molecule has 15 heavy (non-hydrogen) atoms. The number of carboxylic acids is 1. The van der Waals surface area contributed by atoms with Crippen LogP contribution in [0.2, 0.25) is 0 Å². The summed E-state index contributed by atoms with van der Waals surface area (Å²) in [4.78, 5) is 23.8. The lowest BCUT2D eigenvalue weighted by atomic mass is 10.1. The minimum absolute atomic E-state index is 0.0363. The first-order valence-electron chi connectivity index (χ1n) is 5.04. The second-order valence-corrected chi connectivity index (χ2v) is 6.12. The van der Waals surface area contributed by atoms with Gasteiger partial charge in [0.15, 0.2) is 0 Å². The number of carbonyl (C=O) groups excluding carboxylic acids is 1. The average molecular weight is 231 g/mol. The molecule has 1 aliphatic rings. The smallest absolute Gasteiger partial charge is 0.303 e. The van der Waals surface area contributed by atoms with Gasteiger partial charge in [0.2, 0.25) is 5.91 Å². The summed E-state index contributed by atoms with van der Waals surface area (Å²) in [7, 11) is 0. The van der Waals surface area contributed by atoms with Crippen LogP contribution in [-0.4, -0.2) is 45.5 Å². The van der Waals surface area contributed by atoms with Crippen LogP contribution in [0.25, 0.3) is 0 Å². The Kier molecular flexibility index (Phi) is 4.02. The number of hydrogen-bond acceptors (Lipinski definition) is 3. The van der Waals surface area contributed by atoms with Crippen molar-refractivity contribution in [1.29, 1.82) is 0 Å². The Morgan fingerprint density at radius 1 is 1.40 bits per heavy atom. The summed E-state index contributed by atoms with van der Waals surface area (Å²) in [6, 6.07) is 0. The predicted molar refractivity (Wildman–Crippen MR) is 60.0 cm³/mol. The molecule has 0 aromatic rings. The van der Waals surface area contributed by atoms with Crippen molar-refractivity contribution in [3.05, 3.63) is 0 Å². The number of hydrogen-bond donors (Lipinski definition) is 1. The number of aliphatic carboxylic acids is 1. The zero-order chi connectivity index (χ0) is 11.5. The van der Waals surface area contributed by atoms with Crippen molar-refractivity contribution in [1.82, 2.24) is 4.90 Å².